The van der Waals surface area contributed by atoms with Crippen LogP contribution in [-0.2, 0) is 4.79 Å². The molecule has 0 aromatic carbocycles. The maximum Gasteiger partial charge on any atom is 0.146 e. The molecule has 0 amide bonds. The van der Waals surface area contributed by atoms with Crippen LogP contribution in [0.5, 0.6) is 0 Å². The number of carbonyl (C=O) groups excluding carboxylic acids is 1. The summed E-state index contributed by atoms with van der Waals surface area (Å²) in [6, 6.07) is 0.158. The van der Waals surface area contributed by atoms with Crippen molar-refractivity contribution in [3.8, 4) is 0 Å². The van der Waals surface area contributed by atoms with Crippen molar-refractivity contribution in [1.29, 1.82) is 0 Å². The molecule has 0 bridgehead atoms. The van der Waals surface area contributed by atoms with Gasteiger partial charge in [-0.25, -0.2) is 0 Å². The van der Waals surface area contributed by atoms with E-state index in [-0.39, 0.29) is 6.04 Å². The Morgan fingerprint density at radius 3 is 2.69 bits per heavy atom. The zero-order valence-corrected chi connectivity index (χ0v) is 8.68. The van der Waals surface area contributed by atoms with Gasteiger partial charge in [0.05, 0.1) is 6.04 Å². The fraction of sp³-hybridized carbons (Fsp3) is 0.727. The van der Waals surface area contributed by atoms with Gasteiger partial charge in [-0.2, -0.15) is 0 Å². The Kier molecular flexibility index (Phi) is 3.67. The van der Waals surface area contributed by atoms with Gasteiger partial charge >= 0.3 is 0 Å². The first-order chi connectivity index (χ1) is 6.11. The average Bonchev–Trinajstić information content (AvgIpc) is 2.03. The number of likely N-dealkylation sites (tertiary alicyclic amines) is 1. The second kappa shape index (κ2) is 4.56. The molecule has 0 spiro atoms. The first-order valence-electron chi connectivity index (χ1n) is 5.00. The highest BCUT2D eigenvalue weighted by molar-refractivity contribution is 5.81. The zero-order valence-electron chi connectivity index (χ0n) is 8.68. The van der Waals surface area contributed by atoms with E-state index in [2.05, 4.69) is 11.5 Å². The highest BCUT2D eigenvalue weighted by atomic mass is 16.1. The standard InChI is InChI=1S/C11H19NO/c1-9(2)8-12-7-5-4-6-11(12)10(3)13/h11H,1,4-8H2,2-3H3. The van der Waals surface area contributed by atoms with E-state index in [0.717, 1.165) is 25.1 Å². The van der Waals surface area contributed by atoms with E-state index in [1.54, 1.807) is 6.92 Å². The first-order valence-corrected chi connectivity index (χ1v) is 5.00. The molecule has 1 atom stereocenters. The summed E-state index contributed by atoms with van der Waals surface area (Å²) in [5, 5.41) is 0. The number of piperidine rings is 1. The molecule has 1 saturated heterocycles. The van der Waals surface area contributed by atoms with Crippen molar-refractivity contribution in [3.63, 3.8) is 0 Å². The Labute approximate surface area is 80.6 Å². The summed E-state index contributed by atoms with van der Waals surface area (Å²) in [7, 11) is 0. The predicted molar refractivity (Wildman–Crippen MR) is 54.7 cm³/mol. The summed E-state index contributed by atoms with van der Waals surface area (Å²) in [6.07, 6.45) is 3.44. The quantitative estimate of drug-likeness (QED) is 0.621. The molecule has 13 heavy (non-hydrogen) atoms. The molecule has 1 rings (SSSR count). The van der Waals surface area contributed by atoms with Gasteiger partial charge in [0.2, 0.25) is 0 Å². The van der Waals surface area contributed by atoms with Crippen molar-refractivity contribution < 1.29 is 4.79 Å². The smallest absolute Gasteiger partial charge is 0.146 e. The third-order valence-corrected chi connectivity index (χ3v) is 2.56. The lowest BCUT2D eigenvalue weighted by Gasteiger charge is -2.34. The van der Waals surface area contributed by atoms with E-state index in [0.29, 0.717) is 5.78 Å². The second-order valence-electron chi connectivity index (χ2n) is 4.05. The van der Waals surface area contributed by atoms with E-state index < -0.39 is 0 Å². The topological polar surface area (TPSA) is 20.3 Å². The van der Waals surface area contributed by atoms with Gasteiger partial charge in [0, 0.05) is 6.54 Å². The maximum absolute atomic E-state index is 11.3. The summed E-state index contributed by atoms with van der Waals surface area (Å²) < 4.78 is 0. The van der Waals surface area contributed by atoms with E-state index >= 15 is 0 Å². The zero-order chi connectivity index (χ0) is 9.84. The van der Waals surface area contributed by atoms with E-state index in [9.17, 15) is 4.79 Å². The number of hydrogen-bond acceptors (Lipinski definition) is 2. The SMILES string of the molecule is C=C(C)CN1CCCCC1C(C)=O. The third kappa shape index (κ3) is 2.96. The minimum Gasteiger partial charge on any atom is -0.298 e. The van der Waals surface area contributed by atoms with Crippen molar-refractivity contribution in [2.24, 2.45) is 0 Å². The van der Waals surface area contributed by atoms with Gasteiger partial charge in [-0.05, 0) is 33.2 Å². The molecule has 74 valence electrons. The summed E-state index contributed by atoms with van der Waals surface area (Å²) in [4.78, 5) is 13.6. The van der Waals surface area contributed by atoms with Gasteiger partial charge < -0.3 is 0 Å². The average molecular weight is 181 g/mol. The number of carbonyl (C=O) groups is 1. The van der Waals surface area contributed by atoms with Crippen LogP contribution < -0.4 is 0 Å². The lowest BCUT2D eigenvalue weighted by Crippen LogP contribution is -2.44. The van der Waals surface area contributed by atoms with Crippen LogP contribution in [0, 0.1) is 0 Å². The lowest BCUT2D eigenvalue weighted by molar-refractivity contribution is -0.123. The van der Waals surface area contributed by atoms with Crippen molar-refractivity contribution in [2.75, 3.05) is 13.1 Å². The fourth-order valence-electron chi connectivity index (χ4n) is 1.99. The van der Waals surface area contributed by atoms with Crippen LogP contribution in [0.2, 0.25) is 0 Å². The first kappa shape index (κ1) is 10.5. The molecule has 0 saturated carbocycles. The molecule has 0 aliphatic carbocycles. The Hall–Kier alpha value is -0.630. The molecule has 2 nitrogen and oxygen atoms in total. The molecule has 1 aliphatic rings. The third-order valence-electron chi connectivity index (χ3n) is 2.56. The number of nitrogens with zero attached hydrogens (tertiary/aromatic N) is 1. The number of rotatable bonds is 3. The summed E-state index contributed by atoms with van der Waals surface area (Å²) in [5.41, 5.74) is 1.15. The second-order valence-corrected chi connectivity index (χ2v) is 4.05. The van der Waals surface area contributed by atoms with Crippen molar-refractivity contribution in [1.82, 2.24) is 4.90 Å². The van der Waals surface area contributed by atoms with Gasteiger partial charge in [-0.3, -0.25) is 9.69 Å². The molecule has 0 aromatic heterocycles. The van der Waals surface area contributed by atoms with E-state index in [1.807, 2.05) is 6.92 Å². The molecular weight excluding hydrogens is 162 g/mol. The van der Waals surface area contributed by atoms with Gasteiger partial charge in [0.15, 0.2) is 0 Å². The van der Waals surface area contributed by atoms with E-state index in [1.165, 1.54) is 12.8 Å². The van der Waals surface area contributed by atoms with Crippen LogP contribution in [0.15, 0.2) is 12.2 Å². The summed E-state index contributed by atoms with van der Waals surface area (Å²) >= 11 is 0. The number of ketones is 1. The highest BCUT2D eigenvalue weighted by Crippen LogP contribution is 2.18. The molecule has 0 radical (unpaired) electrons. The molecule has 1 fully saturated rings. The minimum atomic E-state index is 0.158. The Bertz CT molecular complexity index is 210. The van der Waals surface area contributed by atoms with Gasteiger partial charge in [-0.15, -0.1) is 0 Å². The Morgan fingerprint density at radius 2 is 2.15 bits per heavy atom. The maximum atomic E-state index is 11.3. The van der Waals surface area contributed by atoms with Crippen LogP contribution in [0.25, 0.3) is 0 Å². The minimum absolute atomic E-state index is 0.158. The van der Waals surface area contributed by atoms with Gasteiger partial charge in [-0.1, -0.05) is 18.6 Å². The van der Waals surface area contributed by atoms with Crippen molar-refractivity contribution in [2.45, 2.75) is 39.2 Å². The number of hydrogen-bond donors (Lipinski definition) is 0. The van der Waals surface area contributed by atoms with Crippen LogP contribution in [0.3, 0.4) is 0 Å². The van der Waals surface area contributed by atoms with Crippen LogP contribution in [0.1, 0.15) is 33.1 Å². The predicted octanol–water partition coefficient (Wildman–Crippen LogP) is 2.01. The molecule has 0 N–H and O–H groups in total. The lowest BCUT2D eigenvalue weighted by atomic mass is 9.99. The molecule has 2 heteroatoms. The molecule has 0 aromatic rings. The summed E-state index contributed by atoms with van der Waals surface area (Å²) in [5.74, 6) is 0.306. The molecular formula is C11H19NO. The molecule has 1 unspecified atom stereocenters. The Morgan fingerprint density at radius 1 is 1.46 bits per heavy atom. The monoisotopic (exact) mass is 181 g/mol. The van der Waals surface area contributed by atoms with Crippen molar-refractivity contribution in [3.05, 3.63) is 12.2 Å². The Balaban J connectivity index is 2.56. The van der Waals surface area contributed by atoms with Gasteiger partial charge in [0.25, 0.3) is 0 Å². The molecule has 1 aliphatic heterocycles. The van der Waals surface area contributed by atoms with Crippen molar-refractivity contribution >= 4 is 5.78 Å². The van der Waals surface area contributed by atoms with Crippen LogP contribution in [-0.4, -0.2) is 29.8 Å². The van der Waals surface area contributed by atoms with Crippen LogP contribution in [0.4, 0.5) is 0 Å². The molecule has 1 heterocycles. The van der Waals surface area contributed by atoms with Gasteiger partial charge in [0.1, 0.15) is 5.78 Å². The highest BCUT2D eigenvalue weighted by Gasteiger charge is 2.25. The van der Waals surface area contributed by atoms with E-state index in [4.69, 9.17) is 0 Å². The normalized spacial score (nSPS) is 24.3. The summed E-state index contributed by atoms with van der Waals surface area (Å²) in [6.45, 7) is 9.54. The van der Waals surface area contributed by atoms with Crippen LogP contribution >= 0.6 is 0 Å². The fourth-order valence-corrected chi connectivity index (χ4v) is 1.99. The largest absolute Gasteiger partial charge is 0.298 e. The number of Topliss-reactive ketones (excluding diaryl/α,β-unsaturated/α-hetero) is 1.